The van der Waals surface area contributed by atoms with E-state index in [1.54, 1.807) is 16.4 Å². The Morgan fingerprint density at radius 2 is 1.81 bits per heavy atom. The van der Waals surface area contributed by atoms with Gasteiger partial charge >= 0.3 is 0 Å². The molecular weight excluding hydrogens is 366 g/mol. The van der Waals surface area contributed by atoms with Gasteiger partial charge in [-0.2, -0.15) is 4.31 Å². The molecule has 0 aromatic heterocycles. The van der Waals surface area contributed by atoms with Crippen molar-refractivity contribution in [1.82, 2.24) is 14.1 Å². The number of sulfonamides is 1. The Morgan fingerprint density at radius 3 is 2.33 bits per heavy atom. The van der Waals surface area contributed by atoms with E-state index in [2.05, 4.69) is 4.90 Å². The minimum atomic E-state index is -3.72. The molecule has 1 aromatic carbocycles. The Labute approximate surface area is 161 Å². The minimum Gasteiger partial charge on any atom is -0.353 e. The number of hydrogen-bond donors (Lipinski definition) is 0. The van der Waals surface area contributed by atoms with Crippen LogP contribution in [0.4, 0.5) is 0 Å². The number of piperidine rings is 1. The van der Waals surface area contributed by atoms with Crippen LogP contribution in [0.25, 0.3) is 0 Å². The standard InChI is InChI=1S/C19H29N3O4S/c1-15(23)16-5-7-18(8-6-16)27(24,25)22-14-17(13-20(2)3)26-19(22)9-11-21(4)12-10-19/h5-8,17H,9-14H2,1-4H3. The van der Waals surface area contributed by atoms with E-state index in [9.17, 15) is 13.2 Å². The van der Waals surface area contributed by atoms with Crippen molar-refractivity contribution in [2.24, 2.45) is 0 Å². The van der Waals surface area contributed by atoms with E-state index in [0.717, 1.165) is 13.1 Å². The van der Waals surface area contributed by atoms with Crippen LogP contribution >= 0.6 is 0 Å². The Kier molecular flexibility index (Phi) is 5.74. The first kappa shape index (κ1) is 20.4. The van der Waals surface area contributed by atoms with Crippen LogP contribution in [0.1, 0.15) is 30.1 Å². The van der Waals surface area contributed by atoms with Crippen molar-refractivity contribution in [3.8, 4) is 0 Å². The molecule has 0 saturated carbocycles. The Balaban J connectivity index is 1.93. The molecule has 150 valence electrons. The summed E-state index contributed by atoms with van der Waals surface area (Å²) in [6.07, 6.45) is 1.14. The van der Waals surface area contributed by atoms with Gasteiger partial charge in [-0.1, -0.05) is 12.1 Å². The van der Waals surface area contributed by atoms with E-state index < -0.39 is 15.7 Å². The van der Waals surface area contributed by atoms with Gasteiger partial charge in [0.05, 0.1) is 11.0 Å². The first-order valence-electron chi connectivity index (χ1n) is 9.29. The molecule has 8 heteroatoms. The zero-order valence-corrected chi connectivity index (χ0v) is 17.3. The van der Waals surface area contributed by atoms with Crippen molar-refractivity contribution in [1.29, 1.82) is 0 Å². The van der Waals surface area contributed by atoms with Gasteiger partial charge in [-0.3, -0.25) is 4.79 Å². The highest BCUT2D eigenvalue weighted by atomic mass is 32.2. The van der Waals surface area contributed by atoms with Crippen molar-refractivity contribution < 1.29 is 17.9 Å². The highest BCUT2D eigenvalue weighted by Crippen LogP contribution is 2.40. The second-order valence-electron chi connectivity index (χ2n) is 7.87. The second-order valence-corrected chi connectivity index (χ2v) is 9.73. The molecule has 1 atom stereocenters. The maximum absolute atomic E-state index is 13.4. The number of likely N-dealkylation sites (N-methyl/N-ethyl adjacent to an activating group) is 1. The van der Waals surface area contributed by atoms with Gasteiger partial charge in [-0.05, 0) is 40.2 Å². The van der Waals surface area contributed by atoms with Gasteiger partial charge in [0.25, 0.3) is 0 Å². The van der Waals surface area contributed by atoms with Crippen LogP contribution in [0.2, 0.25) is 0 Å². The predicted octanol–water partition coefficient (Wildman–Crippen LogP) is 1.26. The zero-order valence-electron chi connectivity index (χ0n) is 16.5. The predicted molar refractivity (Wildman–Crippen MR) is 103 cm³/mol. The number of ether oxygens (including phenoxy) is 1. The lowest BCUT2D eigenvalue weighted by molar-refractivity contribution is -0.114. The number of benzene rings is 1. The number of nitrogens with zero attached hydrogens (tertiary/aromatic N) is 3. The smallest absolute Gasteiger partial charge is 0.245 e. The largest absolute Gasteiger partial charge is 0.353 e. The molecule has 0 radical (unpaired) electrons. The lowest BCUT2D eigenvalue weighted by Crippen LogP contribution is -2.54. The fourth-order valence-electron chi connectivity index (χ4n) is 3.90. The molecular formula is C19H29N3O4S. The first-order valence-corrected chi connectivity index (χ1v) is 10.7. The normalized spacial score (nSPS) is 24.0. The molecule has 1 aromatic rings. The second kappa shape index (κ2) is 7.60. The third-order valence-corrected chi connectivity index (χ3v) is 7.33. The quantitative estimate of drug-likeness (QED) is 0.699. The van der Waals surface area contributed by atoms with Crippen LogP contribution in [0, 0.1) is 0 Å². The van der Waals surface area contributed by atoms with Crippen molar-refractivity contribution in [2.75, 3.05) is 47.3 Å². The molecule has 2 saturated heterocycles. The molecule has 2 aliphatic rings. The summed E-state index contributed by atoms with van der Waals surface area (Å²) in [6, 6.07) is 6.19. The average Bonchev–Trinajstić information content (AvgIpc) is 2.96. The first-order chi connectivity index (χ1) is 12.6. The number of likely N-dealkylation sites (tertiary alicyclic amines) is 1. The summed E-state index contributed by atoms with van der Waals surface area (Å²) in [7, 11) is 2.25. The van der Waals surface area contributed by atoms with E-state index in [1.165, 1.54) is 19.1 Å². The van der Waals surface area contributed by atoms with Crippen LogP contribution in [0.5, 0.6) is 0 Å². The van der Waals surface area contributed by atoms with Crippen LogP contribution in [0.3, 0.4) is 0 Å². The fourth-order valence-corrected chi connectivity index (χ4v) is 5.66. The summed E-state index contributed by atoms with van der Waals surface area (Å²) in [5.74, 6) is -0.0821. The van der Waals surface area contributed by atoms with E-state index in [4.69, 9.17) is 4.74 Å². The molecule has 27 heavy (non-hydrogen) atoms. The summed E-state index contributed by atoms with van der Waals surface area (Å²) in [5.41, 5.74) is -0.281. The SMILES string of the molecule is CC(=O)c1ccc(S(=O)(=O)N2CC(CN(C)C)OC23CCN(C)CC3)cc1. The van der Waals surface area contributed by atoms with Gasteiger partial charge in [0, 0.05) is 44.6 Å². The monoisotopic (exact) mass is 395 g/mol. The molecule has 0 bridgehead atoms. The van der Waals surface area contributed by atoms with Crippen LogP contribution in [-0.4, -0.2) is 87.5 Å². The van der Waals surface area contributed by atoms with Gasteiger partial charge in [0.2, 0.25) is 10.0 Å². The summed E-state index contributed by atoms with van der Waals surface area (Å²) >= 11 is 0. The molecule has 2 aliphatic heterocycles. The molecule has 1 unspecified atom stereocenters. The average molecular weight is 396 g/mol. The van der Waals surface area contributed by atoms with Crippen LogP contribution in [-0.2, 0) is 14.8 Å². The third kappa shape index (κ3) is 4.09. The van der Waals surface area contributed by atoms with Gasteiger partial charge in [0.1, 0.15) is 5.72 Å². The van der Waals surface area contributed by atoms with Gasteiger partial charge in [0.15, 0.2) is 5.78 Å². The molecule has 2 fully saturated rings. The highest BCUT2D eigenvalue weighted by Gasteiger charge is 2.53. The van der Waals surface area contributed by atoms with Crippen LogP contribution in [0.15, 0.2) is 29.2 Å². The van der Waals surface area contributed by atoms with E-state index in [-0.39, 0.29) is 16.8 Å². The van der Waals surface area contributed by atoms with Crippen molar-refractivity contribution in [3.05, 3.63) is 29.8 Å². The Bertz CT molecular complexity index is 784. The lowest BCUT2D eigenvalue weighted by atomic mass is 10.0. The van der Waals surface area contributed by atoms with Crippen molar-refractivity contribution in [3.63, 3.8) is 0 Å². The Hall–Kier alpha value is -1.32. The third-order valence-electron chi connectivity index (χ3n) is 5.40. The van der Waals surface area contributed by atoms with E-state index in [0.29, 0.717) is 31.5 Å². The molecule has 0 amide bonds. The van der Waals surface area contributed by atoms with E-state index >= 15 is 0 Å². The molecule has 0 N–H and O–H groups in total. The molecule has 3 rings (SSSR count). The molecule has 7 nitrogen and oxygen atoms in total. The van der Waals surface area contributed by atoms with Crippen molar-refractivity contribution >= 4 is 15.8 Å². The number of hydrogen-bond acceptors (Lipinski definition) is 6. The lowest BCUT2D eigenvalue weighted by Gasteiger charge is -2.42. The highest BCUT2D eigenvalue weighted by molar-refractivity contribution is 7.89. The molecule has 2 heterocycles. The Morgan fingerprint density at radius 1 is 1.22 bits per heavy atom. The van der Waals surface area contributed by atoms with Crippen molar-refractivity contribution in [2.45, 2.75) is 36.5 Å². The molecule has 0 aliphatic carbocycles. The van der Waals surface area contributed by atoms with E-state index in [1.807, 2.05) is 26.0 Å². The number of rotatable bonds is 5. The maximum Gasteiger partial charge on any atom is 0.245 e. The minimum absolute atomic E-state index is 0.0821. The van der Waals surface area contributed by atoms with Gasteiger partial charge in [-0.25, -0.2) is 8.42 Å². The number of carbonyl (C=O) groups is 1. The molecule has 1 spiro atoms. The number of ketones is 1. The maximum atomic E-state index is 13.4. The summed E-state index contributed by atoms with van der Waals surface area (Å²) in [6.45, 7) is 4.08. The van der Waals surface area contributed by atoms with Gasteiger partial charge in [-0.15, -0.1) is 0 Å². The number of carbonyl (C=O) groups excluding carboxylic acids is 1. The zero-order chi connectivity index (χ0) is 19.8. The summed E-state index contributed by atoms with van der Waals surface area (Å²) in [4.78, 5) is 15.9. The van der Waals surface area contributed by atoms with Gasteiger partial charge < -0.3 is 14.5 Å². The topological polar surface area (TPSA) is 70.2 Å². The number of Topliss-reactive ketones (excluding diaryl/α,β-unsaturated/α-hetero) is 1. The van der Waals surface area contributed by atoms with Crippen LogP contribution < -0.4 is 0 Å². The summed E-state index contributed by atoms with van der Waals surface area (Å²) < 4.78 is 34.8. The summed E-state index contributed by atoms with van der Waals surface area (Å²) in [5, 5.41) is 0. The fraction of sp³-hybridized carbons (Fsp3) is 0.632.